The Bertz CT molecular complexity index is 1230. The number of amides is 1. The molecule has 4 rings (SSSR count). The van der Waals surface area contributed by atoms with Gasteiger partial charge in [0.2, 0.25) is 28.6 Å². The summed E-state index contributed by atoms with van der Waals surface area (Å²) in [5.41, 5.74) is 1.48. The number of primary sulfonamides is 1. The van der Waals surface area contributed by atoms with Gasteiger partial charge in [0, 0.05) is 11.3 Å². The van der Waals surface area contributed by atoms with Crippen LogP contribution in [-0.4, -0.2) is 37.1 Å². The van der Waals surface area contributed by atoms with Crippen LogP contribution in [-0.2, 0) is 14.8 Å². The van der Waals surface area contributed by atoms with Crippen molar-refractivity contribution in [3.05, 3.63) is 42.0 Å². The van der Waals surface area contributed by atoms with Crippen molar-refractivity contribution in [2.75, 3.05) is 17.9 Å². The van der Waals surface area contributed by atoms with E-state index in [4.69, 9.17) is 19.0 Å². The highest BCUT2D eigenvalue weighted by Gasteiger charge is 2.18. The number of thioether (sulfide) groups is 1. The molecule has 0 unspecified atom stereocenters. The molecule has 0 saturated carbocycles. The lowest BCUT2D eigenvalue weighted by Crippen LogP contribution is -2.17. The topological polar surface area (TPSA) is 147 Å². The monoisotopic (exact) mass is 448 g/mol. The fourth-order valence-corrected chi connectivity index (χ4v) is 4.09. The van der Waals surface area contributed by atoms with Crippen LogP contribution in [0.5, 0.6) is 11.5 Å². The van der Waals surface area contributed by atoms with Crippen LogP contribution in [0.1, 0.15) is 5.56 Å². The smallest absolute Gasteiger partial charge is 0.277 e. The Morgan fingerprint density at radius 2 is 1.97 bits per heavy atom. The first kappa shape index (κ1) is 20.2. The van der Waals surface area contributed by atoms with Gasteiger partial charge in [-0.05, 0) is 42.8 Å². The van der Waals surface area contributed by atoms with Crippen molar-refractivity contribution < 1.29 is 27.1 Å². The first-order valence-electron chi connectivity index (χ1n) is 8.59. The molecule has 0 spiro atoms. The first-order valence-corrected chi connectivity index (χ1v) is 11.1. The number of nitrogens with two attached hydrogens (primary N) is 1. The van der Waals surface area contributed by atoms with Crippen molar-refractivity contribution >= 4 is 33.4 Å². The number of aryl methyl sites for hydroxylation is 1. The molecule has 0 aliphatic carbocycles. The van der Waals surface area contributed by atoms with Gasteiger partial charge in [-0.2, -0.15) is 0 Å². The number of hydrogen-bond acceptors (Lipinski definition) is 9. The maximum absolute atomic E-state index is 12.2. The summed E-state index contributed by atoms with van der Waals surface area (Å²) >= 11 is 1.05. The van der Waals surface area contributed by atoms with E-state index >= 15 is 0 Å². The van der Waals surface area contributed by atoms with Crippen molar-refractivity contribution in [1.82, 2.24) is 10.2 Å². The molecular weight excluding hydrogens is 432 g/mol. The summed E-state index contributed by atoms with van der Waals surface area (Å²) in [6.45, 7) is 1.78. The lowest BCUT2D eigenvalue weighted by Gasteiger charge is -2.08. The van der Waals surface area contributed by atoms with E-state index in [1.165, 1.54) is 6.07 Å². The minimum Gasteiger partial charge on any atom is -0.454 e. The van der Waals surface area contributed by atoms with Crippen LogP contribution < -0.4 is 19.9 Å². The van der Waals surface area contributed by atoms with E-state index in [0.717, 1.165) is 11.8 Å². The molecule has 0 atom stereocenters. The summed E-state index contributed by atoms with van der Waals surface area (Å²) < 4.78 is 39.4. The molecule has 3 aromatic rings. The highest BCUT2D eigenvalue weighted by atomic mass is 32.2. The number of carbonyl (C=O) groups excluding carboxylic acids is 1. The minimum absolute atomic E-state index is 0.0125. The summed E-state index contributed by atoms with van der Waals surface area (Å²) in [6, 6.07) is 9.73. The Balaban J connectivity index is 1.38. The molecule has 0 fully saturated rings. The molecule has 3 N–H and O–H groups in total. The number of anilines is 1. The maximum Gasteiger partial charge on any atom is 0.277 e. The van der Waals surface area contributed by atoms with Gasteiger partial charge in [0.25, 0.3) is 5.22 Å². The average Bonchev–Trinajstić information content (AvgIpc) is 3.35. The molecule has 2 heterocycles. The van der Waals surface area contributed by atoms with E-state index in [-0.39, 0.29) is 34.5 Å². The van der Waals surface area contributed by atoms with Gasteiger partial charge in [-0.3, -0.25) is 4.79 Å². The predicted molar refractivity (Wildman–Crippen MR) is 108 cm³/mol. The molecule has 1 aliphatic heterocycles. The van der Waals surface area contributed by atoms with Crippen LogP contribution in [0.2, 0.25) is 0 Å². The summed E-state index contributed by atoms with van der Waals surface area (Å²) in [5.74, 6) is 1.14. The molecule has 0 bridgehead atoms. The zero-order valence-corrected chi connectivity index (χ0v) is 17.2. The van der Waals surface area contributed by atoms with Gasteiger partial charge >= 0.3 is 0 Å². The van der Waals surface area contributed by atoms with Crippen molar-refractivity contribution in [3.63, 3.8) is 0 Å². The second kappa shape index (κ2) is 7.97. The second-order valence-corrected chi connectivity index (χ2v) is 8.76. The number of aromatic nitrogens is 2. The lowest BCUT2D eigenvalue weighted by atomic mass is 10.2. The fraction of sp³-hybridized carbons (Fsp3) is 0.167. The number of carbonyl (C=O) groups is 1. The molecule has 10 nitrogen and oxygen atoms in total. The number of benzene rings is 2. The Labute approximate surface area is 175 Å². The molecule has 1 aromatic heterocycles. The molecule has 12 heteroatoms. The summed E-state index contributed by atoms with van der Waals surface area (Å²) in [7, 11) is -3.88. The van der Waals surface area contributed by atoms with Crippen LogP contribution in [0.15, 0.2) is 50.9 Å². The van der Waals surface area contributed by atoms with Crippen molar-refractivity contribution in [3.8, 4) is 23.0 Å². The third-order valence-corrected chi connectivity index (χ3v) is 6.00. The molecule has 30 heavy (non-hydrogen) atoms. The van der Waals surface area contributed by atoms with Crippen LogP contribution in [0.4, 0.5) is 5.69 Å². The SMILES string of the molecule is Cc1ccc(NC(=O)CSc2nnc(-c3ccc4c(c3)OCO4)o2)cc1S(N)(=O)=O. The Morgan fingerprint density at radius 3 is 2.77 bits per heavy atom. The normalized spacial score (nSPS) is 12.7. The van der Waals surface area contributed by atoms with Crippen LogP contribution in [0.3, 0.4) is 0 Å². The molecule has 0 saturated heterocycles. The number of nitrogens with zero attached hydrogens (tertiary/aromatic N) is 2. The minimum atomic E-state index is -3.88. The van der Waals surface area contributed by atoms with E-state index in [0.29, 0.717) is 28.3 Å². The van der Waals surface area contributed by atoms with Crippen LogP contribution in [0, 0.1) is 6.92 Å². The average molecular weight is 448 g/mol. The zero-order valence-electron chi connectivity index (χ0n) is 15.6. The van der Waals surface area contributed by atoms with E-state index < -0.39 is 10.0 Å². The quantitative estimate of drug-likeness (QED) is 0.541. The number of ether oxygens (including phenoxy) is 2. The van der Waals surface area contributed by atoms with E-state index in [2.05, 4.69) is 15.5 Å². The van der Waals surface area contributed by atoms with E-state index in [9.17, 15) is 13.2 Å². The molecule has 0 radical (unpaired) electrons. The largest absolute Gasteiger partial charge is 0.454 e. The highest BCUT2D eigenvalue weighted by molar-refractivity contribution is 7.99. The summed E-state index contributed by atoms with van der Waals surface area (Å²) in [4.78, 5) is 12.2. The van der Waals surface area contributed by atoms with Gasteiger partial charge in [-0.1, -0.05) is 17.8 Å². The molecule has 2 aromatic carbocycles. The number of hydrogen-bond donors (Lipinski definition) is 2. The van der Waals surface area contributed by atoms with Crippen molar-refractivity contribution in [1.29, 1.82) is 0 Å². The van der Waals surface area contributed by atoms with Crippen LogP contribution in [0.25, 0.3) is 11.5 Å². The standard InChI is InChI=1S/C18H16N4O6S2/c1-10-2-4-12(7-15(10)30(19,24)25)20-16(23)8-29-18-22-21-17(28-18)11-3-5-13-14(6-11)27-9-26-13/h2-7H,8-9H2,1H3,(H,20,23)(H2,19,24,25). The molecule has 1 aliphatic rings. The van der Waals surface area contributed by atoms with Gasteiger partial charge in [0.15, 0.2) is 11.5 Å². The first-order chi connectivity index (χ1) is 14.3. The molecule has 1 amide bonds. The van der Waals surface area contributed by atoms with Crippen LogP contribution >= 0.6 is 11.8 Å². The third-order valence-electron chi connectivity index (χ3n) is 4.13. The molecular formula is C18H16N4O6S2. The second-order valence-electron chi connectivity index (χ2n) is 6.30. The Kier molecular flexibility index (Phi) is 5.37. The Hall–Kier alpha value is -3.09. The predicted octanol–water partition coefficient (Wildman–Crippen LogP) is 2.15. The lowest BCUT2D eigenvalue weighted by molar-refractivity contribution is -0.113. The number of fused-ring (bicyclic) bond motifs is 1. The summed E-state index contributed by atoms with van der Waals surface area (Å²) in [6.07, 6.45) is 0. The summed E-state index contributed by atoms with van der Waals surface area (Å²) in [5, 5.41) is 15.9. The number of rotatable bonds is 6. The zero-order chi connectivity index (χ0) is 21.3. The van der Waals surface area contributed by atoms with Gasteiger partial charge in [0.05, 0.1) is 10.6 Å². The Morgan fingerprint density at radius 1 is 1.17 bits per heavy atom. The fourth-order valence-electron chi connectivity index (χ4n) is 2.72. The van der Waals surface area contributed by atoms with E-state index in [1.807, 2.05) is 0 Å². The number of sulfonamides is 1. The van der Waals surface area contributed by atoms with Crippen molar-refractivity contribution in [2.45, 2.75) is 17.0 Å². The number of nitrogens with one attached hydrogen (secondary N) is 1. The van der Waals surface area contributed by atoms with Gasteiger partial charge in [-0.15, -0.1) is 10.2 Å². The third kappa shape index (κ3) is 4.40. The van der Waals surface area contributed by atoms with Gasteiger partial charge in [0.1, 0.15) is 0 Å². The van der Waals surface area contributed by atoms with Gasteiger partial charge < -0.3 is 19.2 Å². The maximum atomic E-state index is 12.2. The van der Waals surface area contributed by atoms with Gasteiger partial charge in [-0.25, -0.2) is 13.6 Å². The highest BCUT2D eigenvalue weighted by Crippen LogP contribution is 2.36. The molecule has 156 valence electrons. The van der Waals surface area contributed by atoms with E-state index in [1.54, 1.807) is 37.3 Å². The van der Waals surface area contributed by atoms with Crippen molar-refractivity contribution in [2.24, 2.45) is 5.14 Å².